The van der Waals surface area contributed by atoms with Gasteiger partial charge in [0.05, 0.1) is 51.9 Å². The Labute approximate surface area is 302 Å². The van der Waals surface area contributed by atoms with Crippen molar-refractivity contribution in [2.75, 3.05) is 30.0 Å². The van der Waals surface area contributed by atoms with Gasteiger partial charge in [0.25, 0.3) is 5.56 Å². The number of nitrogens with two attached hydrogens (primary N) is 2. The zero-order valence-corrected chi connectivity index (χ0v) is 30.7. The lowest BCUT2D eigenvalue weighted by atomic mass is 9.95. The summed E-state index contributed by atoms with van der Waals surface area (Å²) in [7, 11) is 0.984. The number of aryl methyl sites for hydroxylation is 1. The average Bonchev–Trinajstić information content (AvgIpc) is 3.99. The van der Waals surface area contributed by atoms with Crippen LogP contribution in [0.25, 0.3) is 21.7 Å². The number of hydrogen-bond acceptors (Lipinski definition) is 11. The first-order chi connectivity index (χ1) is 24.3. The Morgan fingerprint density at radius 2 is 2.02 bits per heavy atom. The fourth-order valence-corrected chi connectivity index (χ4v) is 6.84. The number of nitrogens with zero attached hydrogens (tertiary/aromatic N) is 5. The Bertz CT molecular complexity index is 2120. The Kier molecular flexibility index (Phi) is 10.2. The van der Waals surface area contributed by atoms with E-state index in [4.69, 9.17) is 37.3 Å². The molecule has 6 rings (SSSR count). The van der Waals surface area contributed by atoms with Gasteiger partial charge in [-0.3, -0.25) is 14.7 Å². The maximum absolute atomic E-state index is 14.5. The minimum atomic E-state index is -1.03. The number of hydrazine groups is 1. The van der Waals surface area contributed by atoms with Gasteiger partial charge in [-0.05, 0) is 59.4 Å². The number of carbonyl (C=O) groups excluding carboxylic acids is 1. The molecule has 268 valence electrons. The molecular weight excluding hydrogens is 691 g/mol. The zero-order valence-electron chi connectivity index (χ0n) is 28.9. The molecule has 2 atom stereocenters. The van der Waals surface area contributed by atoms with Gasteiger partial charge in [-0.15, -0.1) is 0 Å². The first kappa shape index (κ1) is 36.4. The molecule has 1 amide bonds. The summed E-state index contributed by atoms with van der Waals surface area (Å²) in [5, 5.41) is 16.9. The van der Waals surface area contributed by atoms with Crippen molar-refractivity contribution in [2.45, 2.75) is 51.6 Å². The molecule has 4 aromatic rings. The van der Waals surface area contributed by atoms with Gasteiger partial charge in [-0.25, -0.2) is 10.6 Å². The Hall–Kier alpha value is -4.44. The standard InChI is InChI=1S/C36H42ClN8O5P/c1-35(2,3)20-42-30-21(17-38)18-41-31-27(30)13-23(14-28(31)37)45(34(47)49-11-6-12-50-51-48)32(29(39)19-44(40)36-15-22(36)16-36)25-7-5-8-26-24(25)9-10-43(4)33(26)46/h5,7-10,13-14,18-19,22,32,48,51H,6,11-12,15-16,20,39-40H2,1-4H3,(H,41,42)/b29-19-. The van der Waals surface area contributed by atoms with Crippen LogP contribution in [0.1, 0.15) is 57.2 Å². The number of anilines is 2. The van der Waals surface area contributed by atoms with Crippen LogP contribution in [0.15, 0.2) is 65.5 Å². The number of ether oxygens (including phenoxy) is 1. The van der Waals surface area contributed by atoms with Crippen LogP contribution in [0, 0.1) is 22.7 Å². The molecule has 2 fully saturated rings. The van der Waals surface area contributed by atoms with Crippen molar-refractivity contribution in [3.05, 3.63) is 87.2 Å². The maximum Gasteiger partial charge on any atom is 0.415 e. The van der Waals surface area contributed by atoms with Crippen molar-refractivity contribution in [3.8, 4) is 6.07 Å². The van der Waals surface area contributed by atoms with E-state index in [1.165, 1.54) is 15.7 Å². The molecule has 2 aromatic heterocycles. The highest BCUT2D eigenvalue weighted by molar-refractivity contribution is 7.24. The number of carbonyl (C=O) groups is 1. The predicted molar refractivity (Wildman–Crippen MR) is 200 cm³/mol. The molecule has 0 spiro atoms. The van der Waals surface area contributed by atoms with Gasteiger partial charge in [0.15, 0.2) is 9.03 Å². The fraction of sp³-hybridized carbons (Fsp3) is 0.389. The first-order valence-electron chi connectivity index (χ1n) is 16.6. The highest BCUT2D eigenvalue weighted by atomic mass is 35.5. The largest absolute Gasteiger partial charge is 0.449 e. The number of fused-ring (bicyclic) bond motifs is 3. The highest BCUT2D eigenvalue weighted by Crippen LogP contribution is 2.69. The molecule has 0 saturated heterocycles. The van der Waals surface area contributed by atoms with Crippen molar-refractivity contribution in [1.29, 1.82) is 5.26 Å². The number of aromatic nitrogens is 2. The molecule has 2 heterocycles. The van der Waals surface area contributed by atoms with Gasteiger partial charge >= 0.3 is 6.09 Å². The van der Waals surface area contributed by atoms with Crippen LogP contribution in [0.2, 0.25) is 5.02 Å². The quantitative estimate of drug-likeness (QED) is 0.0564. The fourth-order valence-electron chi connectivity index (χ4n) is 6.34. The summed E-state index contributed by atoms with van der Waals surface area (Å²) in [4.78, 5) is 42.7. The van der Waals surface area contributed by atoms with E-state index in [0.29, 0.717) is 63.1 Å². The lowest BCUT2D eigenvalue weighted by Crippen LogP contribution is -2.41. The third kappa shape index (κ3) is 7.34. The van der Waals surface area contributed by atoms with E-state index in [-0.39, 0.29) is 40.4 Å². The minimum absolute atomic E-state index is 0.0279. The molecule has 2 aliphatic carbocycles. The average molecular weight is 733 g/mol. The summed E-state index contributed by atoms with van der Waals surface area (Å²) >= 11 is 6.94. The smallest absolute Gasteiger partial charge is 0.415 e. The first-order valence-corrected chi connectivity index (χ1v) is 17.9. The number of amides is 1. The van der Waals surface area contributed by atoms with Crippen molar-refractivity contribution in [2.24, 2.45) is 30.0 Å². The van der Waals surface area contributed by atoms with Crippen LogP contribution >= 0.6 is 20.6 Å². The summed E-state index contributed by atoms with van der Waals surface area (Å²) in [6.07, 6.45) is 6.28. The normalized spacial score (nSPS) is 18.8. The summed E-state index contributed by atoms with van der Waals surface area (Å²) in [6.45, 7) is 6.89. The van der Waals surface area contributed by atoms with Gasteiger partial charge in [0.1, 0.15) is 12.1 Å². The Morgan fingerprint density at radius 3 is 2.69 bits per heavy atom. The third-order valence-electron chi connectivity index (χ3n) is 9.45. The number of halogens is 1. The van der Waals surface area contributed by atoms with Crippen LogP contribution in [-0.2, 0) is 16.3 Å². The summed E-state index contributed by atoms with van der Waals surface area (Å²) in [5.74, 6) is 7.08. The van der Waals surface area contributed by atoms with Gasteiger partial charge in [-0.2, -0.15) is 5.26 Å². The monoisotopic (exact) mass is 732 g/mol. The Balaban J connectivity index is 1.57. The number of hydrogen-bond donors (Lipinski definition) is 4. The molecule has 2 aliphatic rings. The minimum Gasteiger partial charge on any atom is -0.449 e. The molecule has 0 aliphatic heterocycles. The van der Waals surface area contributed by atoms with Crippen molar-refractivity contribution < 1.29 is 18.9 Å². The second-order valence-electron chi connectivity index (χ2n) is 14.4. The van der Waals surface area contributed by atoms with Crippen molar-refractivity contribution in [1.82, 2.24) is 14.6 Å². The lowest BCUT2D eigenvalue weighted by molar-refractivity contribution is 0.143. The lowest BCUT2D eigenvalue weighted by Gasteiger charge is -2.34. The van der Waals surface area contributed by atoms with E-state index in [2.05, 4.69) is 37.1 Å². The van der Waals surface area contributed by atoms with Gasteiger partial charge < -0.3 is 34.8 Å². The zero-order chi connectivity index (χ0) is 36.7. The summed E-state index contributed by atoms with van der Waals surface area (Å²) < 4.78 is 12.4. The predicted octanol–water partition coefficient (Wildman–Crippen LogP) is 5.80. The number of pyridine rings is 2. The van der Waals surface area contributed by atoms with Crippen LogP contribution in [0.3, 0.4) is 0 Å². The topological polar surface area (TPSA) is 185 Å². The molecule has 15 heteroatoms. The summed E-state index contributed by atoms with van der Waals surface area (Å²) in [6, 6.07) is 11.6. The van der Waals surface area contributed by atoms with Gasteiger partial charge in [0, 0.05) is 49.4 Å². The van der Waals surface area contributed by atoms with Crippen LogP contribution in [0.5, 0.6) is 0 Å². The second kappa shape index (κ2) is 14.3. The molecule has 51 heavy (non-hydrogen) atoms. The van der Waals surface area contributed by atoms with E-state index < -0.39 is 21.2 Å². The number of nitrogens with one attached hydrogen (secondary N) is 1. The highest BCUT2D eigenvalue weighted by Gasteiger charge is 2.72. The van der Waals surface area contributed by atoms with Gasteiger partial charge in [-0.1, -0.05) is 44.5 Å². The molecule has 2 aromatic carbocycles. The molecule has 13 nitrogen and oxygen atoms in total. The van der Waals surface area contributed by atoms with Crippen LogP contribution in [-0.4, -0.2) is 50.8 Å². The molecule has 2 saturated carbocycles. The molecule has 6 N–H and O–H groups in total. The van der Waals surface area contributed by atoms with Crippen molar-refractivity contribution >= 4 is 59.8 Å². The molecule has 2 unspecified atom stereocenters. The Morgan fingerprint density at radius 1 is 1.27 bits per heavy atom. The second-order valence-corrected chi connectivity index (χ2v) is 15.2. The number of benzene rings is 2. The molecule has 0 bridgehead atoms. The van der Waals surface area contributed by atoms with E-state index in [0.717, 1.165) is 12.8 Å². The number of nitriles is 1. The number of rotatable bonds is 13. The molecule has 0 radical (unpaired) electrons. The van der Waals surface area contributed by atoms with Crippen molar-refractivity contribution in [3.63, 3.8) is 0 Å². The van der Waals surface area contributed by atoms with E-state index in [1.807, 2.05) is 12.1 Å². The summed E-state index contributed by atoms with van der Waals surface area (Å²) in [5.41, 5.74) is 8.86. The van der Waals surface area contributed by atoms with E-state index in [1.54, 1.807) is 48.7 Å². The molecular formula is C36H42ClN8O5P. The maximum atomic E-state index is 14.5. The van der Waals surface area contributed by atoms with E-state index >= 15 is 0 Å². The SMILES string of the molecule is Cn1ccc2c(C(/C(N)=C/N(N)C34CC3C4)N(C(=O)OCCCOPO)c3cc(Cl)c4ncc(C#N)c(NCC(C)(C)C)c4c3)cccc2c1=O. The third-order valence-corrected chi connectivity index (χ3v) is 10.1. The van der Waals surface area contributed by atoms with Gasteiger partial charge in [0.2, 0.25) is 0 Å². The van der Waals surface area contributed by atoms with Crippen LogP contribution in [0.4, 0.5) is 16.2 Å². The van der Waals surface area contributed by atoms with E-state index in [9.17, 15) is 14.9 Å². The van der Waals surface area contributed by atoms with Crippen LogP contribution < -0.4 is 27.4 Å².